The Morgan fingerprint density at radius 2 is 2.05 bits per heavy atom. The van der Waals surface area contributed by atoms with E-state index in [0.717, 1.165) is 18.0 Å². The molecule has 102 valence electrons. The van der Waals surface area contributed by atoms with Crippen molar-refractivity contribution in [2.45, 2.75) is 12.0 Å². The number of rotatable bonds is 0. The summed E-state index contributed by atoms with van der Waals surface area (Å²) in [6, 6.07) is 12.7. The maximum absolute atomic E-state index is 6.43. The Labute approximate surface area is 123 Å². The number of thioether (sulfide) groups is 1. The topological polar surface area (TPSA) is 12.5 Å². The molecule has 1 atom stereocenters. The molecule has 2 aromatic carbocycles. The van der Waals surface area contributed by atoms with Crippen LogP contribution >= 0.6 is 11.8 Å². The normalized spacial score (nSPS) is 25.6. The Morgan fingerprint density at radius 3 is 2.85 bits per heavy atom. The van der Waals surface area contributed by atoms with Gasteiger partial charge in [-0.2, -0.15) is 0 Å². The van der Waals surface area contributed by atoms with Gasteiger partial charge in [-0.25, -0.2) is 0 Å². The molecule has 1 fully saturated rings. The highest BCUT2D eigenvalue weighted by molar-refractivity contribution is 8.00. The van der Waals surface area contributed by atoms with Gasteiger partial charge in [-0.05, 0) is 42.5 Å². The van der Waals surface area contributed by atoms with Crippen molar-refractivity contribution in [3.8, 4) is 5.75 Å². The van der Waals surface area contributed by atoms with Crippen LogP contribution in [0.3, 0.4) is 0 Å². The lowest BCUT2D eigenvalue weighted by Crippen LogP contribution is -2.46. The standard InChI is InChI=1S/C17H17NOS/c1-12-11-15-14-6-4-3-5-13(14)7-8-16(15)19-17(12)18(2)9-10-20-17/h3-8,11H,9-10H2,1-2H3. The molecule has 0 aromatic heterocycles. The molecule has 20 heavy (non-hydrogen) atoms. The van der Waals surface area contributed by atoms with Gasteiger partial charge in [0.15, 0.2) is 0 Å². The minimum absolute atomic E-state index is 0.296. The number of ether oxygens (including phenoxy) is 1. The molecular weight excluding hydrogens is 266 g/mol. The van der Waals surface area contributed by atoms with E-state index in [2.05, 4.69) is 61.3 Å². The summed E-state index contributed by atoms with van der Waals surface area (Å²) in [6.45, 7) is 3.25. The molecule has 2 aliphatic rings. The van der Waals surface area contributed by atoms with Crippen molar-refractivity contribution >= 4 is 28.6 Å². The summed E-state index contributed by atoms with van der Waals surface area (Å²) in [7, 11) is 2.14. The van der Waals surface area contributed by atoms with Gasteiger partial charge in [0.1, 0.15) is 5.75 Å². The van der Waals surface area contributed by atoms with E-state index in [-0.39, 0.29) is 5.06 Å². The van der Waals surface area contributed by atoms with Crippen LogP contribution in [-0.4, -0.2) is 29.3 Å². The average Bonchev–Trinajstić information content (AvgIpc) is 2.82. The zero-order chi connectivity index (χ0) is 13.7. The minimum Gasteiger partial charge on any atom is -0.459 e. The molecule has 0 amide bonds. The number of hydrogen-bond donors (Lipinski definition) is 0. The predicted molar refractivity (Wildman–Crippen MR) is 86.0 cm³/mol. The lowest BCUT2D eigenvalue weighted by atomic mass is 9.99. The molecule has 0 radical (unpaired) electrons. The monoisotopic (exact) mass is 283 g/mol. The Hall–Kier alpha value is -1.45. The first kappa shape index (κ1) is 12.3. The number of hydrogen-bond acceptors (Lipinski definition) is 3. The van der Waals surface area contributed by atoms with E-state index in [1.54, 1.807) is 0 Å². The van der Waals surface area contributed by atoms with Gasteiger partial charge in [-0.15, -0.1) is 0 Å². The first-order valence-corrected chi connectivity index (χ1v) is 7.94. The van der Waals surface area contributed by atoms with Gasteiger partial charge in [0.25, 0.3) is 0 Å². The third kappa shape index (κ3) is 1.57. The Morgan fingerprint density at radius 1 is 1.20 bits per heavy atom. The van der Waals surface area contributed by atoms with Crippen LogP contribution in [0.15, 0.2) is 42.0 Å². The van der Waals surface area contributed by atoms with Crippen molar-refractivity contribution in [1.29, 1.82) is 0 Å². The van der Waals surface area contributed by atoms with E-state index >= 15 is 0 Å². The third-order valence-corrected chi connectivity index (χ3v) is 5.76. The maximum atomic E-state index is 6.43. The fraction of sp³-hybridized carbons (Fsp3) is 0.294. The first-order valence-electron chi connectivity index (χ1n) is 6.95. The van der Waals surface area contributed by atoms with Crippen LogP contribution in [0.1, 0.15) is 12.5 Å². The smallest absolute Gasteiger partial charge is 0.234 e. The molecule has 0 aliphatic carbocycles. The Balaban J connectivity index is 1.94. The highest BCUT2D eigenvalue weighted by Gasteiger charge is 2.46. The van der Waals surface area contributed by atoms with Crippen molar-refractivity contribution in [3.63, 3.8) is 0 Å². The van der Waals surface area contributed by atoms with Crippen molar-refractivity contribution in [2.24, 2.45) is 0 Å². The van der Waals surface area contributed by atoms with Crippen LogP contribution in [0.5, 0.6) is 5.75 Å². The largest absolute Gasteiger partial charge is 0.459 e. The van der Waals surface area contributed by atoms with Crippen molar-refractivity contribution in [2.75, 3.05) is 19.3 Å². The second-order valence-electron chi connectivity index (χ2n) is 5.48. The van der Waals surface area contributed by atoms with Crippen LogP contribution in [0.25, 0.3) is 16.8 Å². The fourth-order valence-electron chi connectivity index (χ4n) is 3.15. The molecule has 2 aliphatic heterocycles. The van der Waals surface area contributed by atoms with Gasteiger partial charge in [0.05, 0.1) is 0 Å². The van der Waals surface area contributed by atoms with Crippen LogP contribution in [0, 0.1) is 0 Å². The first-order chi connectivity index (χ1) is 9.71. The highest BCUT2D eigenvalue weighted by Crippen LogP contribution is 2.48. The molecule has 0 N–H and O–H groups in total. The molecule has 1 spiro atoms. The number of likely N-dealkylation sites (N-methyl/N-ethyl adjacent to an activating group) is 1. The van der Waals surface area contributed by atoms with Crippen molar-refractivity contribution in [1.82, 2.24) is 4.90 Å². The van der Waals surface area contributed by atoms with Gasteiger partial charge < -0.3 is 4.74 Å². The molecule has 1 unspecified atom stereocenters. The van der Waals surface area contributed by atoms with Crippen LogP contribution < -0.4 is 4.74 Å². The lowest BCUT2D eigenvalue weighted by Gasteiger charge is -2.39. The zero-order valence-electron chi connectivity index (χ0n) is 11.7. The molecule has 4 rings (SSSR count). The van der Waals surface area contributed by atoms with Gasteiger partial charge in [0.2, 0.25) is 5.06 Å². The predicted octanol–water partition coefficient (Wildman–Crippen LogP) is 3.97. The molecular formula is C17H17NOS. The number of benzene rings is 2. The molecule has 0 bridgehead atoms. The SMILES string of the molecule is CC1=Cc2c(ccc3ccccc23)OC12SCCN2C. The van der Waals surface area contributed by atoms with Crippen molar-refractivity contribution < 1.29 is 4.74 Å². The molecule has 2 nitrogen and oxygen atoms in total. The summed E-state index contributed by atoms with van der Waals surface area (Å²) in [6.07, 6.45) is 2.30. The quantitative estimate of drug-likeness (QED) is 0.726. The fourth-order valence-corrected chi connectivity index (χ4v) is 4.54. The van der Waals surface area contributed by atoms with Crippen LogP contribution in [-0.2, 0) is 0 Å². The summed E-state index contributed by atoms with van der Waals surface area (Å²) in [5.74, 6) is 2.11. The van der Waals surface area contributed by atoms with E-state index in [9.17, 15) is 0 Å². The molecule has 0 saturated carbocycles. The summed E-state index contributed by atoms with van der Waals surface area (Å²) >= 11 is 1.89. The highest BCUT2D eigenvalue weighted by atomic mass is 32.2. The van der Waals surface area contributed by atoms with Crippen molar-refractivity contribution in [3.05, 3.63) is 47.5 Å². The van der Waals surface area contributed by atoms with Gasteiger partial charge in [-0.1, -0.05) is 42.1 Å². The third-order valence-electron chi connectivity index (χ3n) is 4.27. The molecule has 2 heterocycles. The van der Waals surface area contributed by atoms with Crippen LogP contribution in [0.2, 0.25) is 0 Å². The number of nitrogens with zero attached hydrogens (tertiary/aromatic N) is 1. The van der Waals surface area contributed by atoms with Gasteiger partial charge in [-0.3, -0.25) is 4.90 Å². The average molecular weight is 283 g/mol. The minimum atomic E-state index is -0.296. The van der Waals surface area contributed by atoms with E-state index in [1.807, 2.05) is 11.8 Å². The Bertz CT molecular complexity index is 724. The summed E-state index contributed by atoms with van der Waals surface area (Å²) in [5.41, 5.74) is 2.50. The second-order valence-corrected chi connectivity index (χ2v) is 6.73. The molecule has 1 saturated heterocycles. The van der Waals surface area contributed by atoms with Gasteiger partial charge >= 0.3 is 0 Å². The Kier molecular flexibility index (Phi) is 2.63. The van der Waals surface area contributed by atoms with E-state index in [4.69, 9.17) is 4.74 Å². The lowest BCUT2D eigenvalue weighted by molar-refractivity contribution is 0.0564. The summed E-state index contributed by atoms with van der Waals surface area (Å²) in [5, 5.41) is 2.24. The van der Waals surface area contributed by atoms with E-state index in [1.165, 1.54) is 21.9 Å². The molecule has 3 heteroatoms. The summed E-state index contributed by atoms with van der Waals surface area (Å²) < 4.78 is 6.43. The van der Waals surface area contributed by atoms with E-state index in [0.29, 0.717) is 0 Å². The van der Waals surface area contributed by atoms with E-state index < -0.39 is 0 Å². The van der Waals surface area contributed by atoms with Gasteiger partial charge in [0, 0.05) is 17.9 Å². The maximum Gasteiger partial charge on any atom is 0.234 e. The van der Waals surface area contributed by atoms with Crippen LogP contribution in [0.4, 0.5) is 0 Å². The molecule has 2 aromatic rings. The summed E-state index contributed by atoms with van der Waals surface area (Å²) in [4.78, 5) is 2.31. The zero-order valence-corrected chi connectivity index (χ0v) is 12.5. The number of fused-ring (bicyclic) bond motifs is 3. The second kappa shape index (κ2) is 4.27.